The molecule has 128 heavy (non-hydrogen) atoms. The minimum Gasteiger partial charge on any atom is -0.456 e. The predicted molar refractivity (Wildman–Crippen MR) is 518 cm³/mol. The number of furan rings is 5. The molecule has 14 nitrogen and oxygen atoms in total. The van der Waals surface area contributed by atoms with Crippen LogP contribution in [-0.4, -0.2) is 19.9 Å². The molecule has 25 aromatic rings. The number of rotatable bonds is 5. The van der Waals surface area contributed by atoms with E-state index >= 15 is 0 Å². The van der Waals surface area contributed by atoms with Crippen LogP contribution in [0.1, 0.15) is 44.5 Å². The van der Waals surface area contributed by atoms with Crippen LogP contribution < -0.4 is 22.8 Å². The standard InChI is InChI=1S/C24H21N2O.C23H19N2O.C23H18NO.2C22H17N2O/c1-14-9-10-18(15(2)11-14)23-21-22-20(27-24(21)16(3)13-26(23)4)12-17-7-5-6-8-19(17)25-22;1-14-8-4-6-10-17(14)22-20-21-19(26-23(20)15(2)13-25(22)3)12-16-9-5-7-11-18(16)24-21;1-15-7-3-6-10-18(15)23-22-19-13-16-8-4-5-9-17(16)14-21(19)25-20(22)11-12-24(23)2;1-14-7-3-5-9-16(14)21-20-17-13-15-8-4-6-10-18(15)23-22(17)25-19(20)11-12-24(21)2;1-14-7-3-5-9-16(14)22-20-18(11-12-24(22)2)25-19-13-15-8-4-6-10-17(15)23-21(19)20/h5-13H,1-4H3;4-13H,1-3H3;3-14H,1-2H3;2*3-13H,1-2H3/q5*+1. The summed E-state index contributed by atoms with van der Waals surface area (Å²) in [5, 5.41) is 14.6. The molecule has 0 atom stereocenters. The minimum absolute atomic E-state index is 0.690. The summed E-state index contributed by atoms with van der Waals surface area (Å²) < 4.78 is 41.9. The van der Waals surface area contributed by atoms with Gasteiger partial charge in [-0.1, -0.05) is 188 Å². The lowest BCUT2D eigenvalue weighted by Gasteiger charge is -2.07. The highest BCUT2D eigenvalue weighted by molar-refractivity contribution is 6.17. The van der Waals surface area contributed by atoms with E-state index in [0.29, 0.717) is 5.71 Å². The highest BCUT2D eigenvalue weighted by atomic mass is 16.3. The molecule has 0 bridgehead atoms. The number of hydrogen-bond acceptors (Lipinski definition) is 9. The van der Waals surface area contributed by atoms with Crippen molar-refractivity contribution in [3.63, 3.8) is 0 Å². The van der Waals surface area contributed by atoms with Gasteiger partial charge in [-0.3, -0.25) is 0 Å². The van der Waals surface area contributed by atoms with E-state index in [4.69, 9.17) is 42.0 Å². The predicted octanol–water partition coefficient (Wildman–Crippen LogP) is 26.2. The molecule has 0 radical (unpaired) electrons. The Morgan fingerprint density at radius 1 is 0.219 bits per heavy atom. The first-order valence-corrected chi connectivity index (χ1v) is 43.3. The summed E-state index contributed by atoms with van der Waals surface area (Å²) in [5.41, 5.74) is 36.9. The Morgan fingerprint density at radius 2 is 0.531 bits per heavy atom. The first kappa shape index (κ1) is 79.3. The number of aryl methyl sites for hydroxylation is 13. The van der Waals surface area contributed by atoms with Gasteiger partial charge >= 0.3 is 0 Å². The zero-order valence-electron chi connectivity index (χ0n) is 73.7. The Kier molecular flexibility index (Phi) is 19.8. The minimum atomic E-state index is 0.690. The molecule has 11 aromatic carbocycles. The summed E-state index contributed by atoms with van der Waals surface area (Å²) in [6, 6.07) is 101. The van der Waals surface area contributed by atoms with E-state index in [2.05, 4.69) is 350 Å². The molecule has 0 aliphatic rings. The third-order valence-corrected chi connectivity index (χ3v) is 25.1. The molecule has 0 amide bonds. The van der Waals surface area contributed by atoms with E-state index in [1.54, 1.807) is 0 Å². The Morgan fingerprint density at radius 3 is 0.969 bits per heavy atom. The smallest absolute Gasteiger partial charge is 0.228 e. The first-order valence-electron chi connectivity index (χ1n) is 43.3. The Bertz CT molecular complexity index is 8370. The molecule has 14 heteroatoms. The molecule has 25 rings (SSSR count). The summed E-state index contributed by atoms with van der Waals surface area (Å²) in [6.45, 7) is 17.1. The highest BCUT2D eigenvalue weighted by Gasteiger charge is 2.31. The Labute approximate surface area is 738 Å². The zero-order valence-corrected chi connectivity index (χ0v) is 73.7. The maximum absolute atomic E-state index is 6.30. The van der Waals surface area contributed by atoms with Crippen LogP contribution in [0.3, 0.4) is 0 Å². The third kappa shape index (κ3) is 13.9. The number of fused-ring (bicyclic) bond motifs is 20. The summed E-state index contributed by atoms with van der Waals surface area (Å²) in [4.78, 5) is 19.6. The van der Waals surface area contributed by atoms with Crippen molar-refractivity contribution in [2.24, 2.45) is 35.2 Å². The van der Waals surface area contributed by atoms with Gasteiger partial charge < -0.3 is 22.1 Å². The van der Waals surface area contributed by atoms with Crippen molar-refractivity contribution in [3.05, 3.63) is 367 Å². The van der Waals surface area contributed by atoms with Gasteiger partial charge in [0.05, 0.1) is 38.6 Å². The van der Waals surface area contributed by atoms with Crippen LogP contribution in [-0.2, 0) is 35.2 Å². The SMILES string of the molecule is Cc1ccc(-c2c3c(oc4cc5ccccc5nc43)c(C)c[n+]2C)c(C)c1.Cc1ccccc1-c1c2c(cc[n+]1C)oc1cc3ccccc3cc12.Cc1ccccc1-c1c2c(cc[n+]1C)oc1cc3ccccc3nc12.Cc1ccccc1-c1c2c(cc[n+]1C)oc1nc3ccccc3cc12.Cc1ccccc1-c1c2c(oc3cc4ccccc4nc32)c(C)c[n+]1C. The van der Waals surface area contributed by atoms with Gasteiger partial charge in [-0.15, -0.1) is 0 Å². The van der Waals surface area contributed by atoms with Gasteiger partial charge in [-0.05, 0) is 185 Å². The van der Waals surface area contributed by atoms with Crippen molar-refractivity contribution >= 4 is 165 Å². The van der Waals surface area contributed by atoms with Gasteiger partial charge in [0.2, 0.25) is 34.2 Å². The van der Waals surface area contributed by atoms with Crippen molar-refractivity contribution in [1.29, 1.82) is 0 Å². The van der Waals surface area contributed by atoms with Gasteiger partial charge in [-0.25, -0.2) is 33.6 Å². The lowest BCUT2D eigenvalue weighted by atomic mass is 9.99. The fourth-order valence-corrected chi connectivity index (χ4v) is 18.9. The van der Waals surface area contributed by atoms with Crippen molar-refractivity contribution in [2.45, 2.75) is 55.4 Å². The quantitative estimate of drug-likeness (QED) is 0.154. The molecule has 0 N–H and O–H groups in total. The zero-order chi connectivity index (χ0) is 87.4. The molecule has 618 valence electrons. The van der Waals surface area contributed by atoms with Crippen molar-refractivity contribution < 1.29 is 44.9 Å². The van der Waals surface area contributed by atoms with Crippen molar-refractivity contribution in [2.75, 3.05) is 0 Å². The summed E-state index contributed by atoms with van der Waals surface area (Å²) in [7, 11) is 10.4. The maximum Gasteiger partial charge on any atom is 0.228 e. The second-order valence-corrected chi connectivity index (χ2v) is 33.9. The normalized spacial score (nSPS) is 11.6. The van der Waals surface area contributed by atoms with Crippen LogP contribution in [0.15, 0.2) is 344 Å². The number of pyridine rings is 9. The molecule has 0 fully saturated rings. The number of aromatic nitrogens is 9. The van der Waals surface area contributed by atoms with Crippen molar-refractivity contribution in [1.82, 2.24) is 19.9 Å². The van der Waals surface area contributed by atoms with E-state index in [-0.39, 0.29) is 0 Å². The van der Waals surface area contributed by atoms with Gasteiger partial charge in [0.25, 0.3) is 0 Å². The summed E-state index contributed by atoms with van der Waals surface area (Å²) in [6.07, 6.45) is 10.4. The molecule has 0 saturated heterocycles. The van der Waals surface area contributed by atoms with Crippen LogP contribution in [0.5, 0.6) is 0 Å². The number of hydrogen-bond donors (Lipinski definition) is 0. The highest BCUT2D eigenvalue weighted by Crippen LogP contribution is 2.44. The van der Waals surface area contributed by atoms with Gasteiger partial charge in [0, 0.05) is 72.9 Å². The van der Waals surface area contributed by atoms with Crippen LogP contribution in [0.4, 0.5) is 0 Å². The molecule has 0 unspecified atom stereocenters. The second-order valence-electron chi connectivity index (χ2n) is 33.9. The molecule has 0 saturated carbocycles. The lowest BCUT2D eigenvalue weighted by Crippen LogP contribution is -2.31. The molecular weight excluding hydrogens is 1580 g/mol. The second kappa shape index (κ2) is 32.0. The van der Waals surface area contributed by atoms with Crippen molar-refractivity contribution in [3.8, 4) is 56.3 Å². The third-order valence-electron chi connectivity index (χ3n) is 25.1. The van der Waals surface area contributed by atoms with E-state index < -0.39 is 0 Å². The van der Waals surface area contributed by atoms with Gasteiger partial charge in [-0.2, -0.15) is 9.13 Å². The molecular formula is C114H92N9O5+5. The summed E-state index contributed by atoms with van der Waals surface area (Å²) >= 11 is 0. The number of benzene rings is 11. The van der Waals surface area contributed by atoms with E-state index in [9.17, 15) is 0 Å². The van der Waals surface area contributed by atoms with E-state index in [0.717, 1.165) is 171 Å². The Hall–Kier alpha value is -15.9. The fourth-order valence-electron chi connectivity index (χ4n) is 18.9. The molecule has 0 aliphatic heterocycles. The first-order chi connectivity index (χ1) is 62.3. The number of para-hydroxylation sites is 4. The van der Waals surface area contributed by atoms with Crippen LogP contribution >= 0.6 is 0 Å². The molecule has 14 heterocycles. The maximum atomic E-state index is 6.30. The lowest BCUT2D eigenvalue weighted by molar-refractivity contribution is -0.659. The van der Waals surface area contributed by atoms with Crippen LogP contribution in [0, 0.1) is 55.4 Å². The van der Waals surface area contributed by atoms with Gasteiger partial charge in [0.15, 0.2) is 58.9 Å². The fraction of sp³-hybridized carbons (Fsp3) is 0.114. The Balaban J connectivity index is 0.0000000973. The average molecular weight is 1670 g/mol. The topological polar surface area (TPSA) is 137 Å². The molecule has 0 spiro atoms. The molecule has 0 aliphatic carbocycles. The van der Waals surface area contributed by atoms with Crippen LogP contribution in [0.2, 0.25) is 0 Å². The van der Waals surface area contributed by atoms with E-state index in [1.165, 1.54) is 88.4 Å². The average Bonchev–Trinajstić information content (AvgIpc) is 1.37. The number of nitrogens with zero attached hydrogens (tertiary/aromatic N) is 9. The van der Waals surface area contributed by atoms with Crippen LogP contribution in [0.25, 0.3) is 221 Å². The largest absolute Gasteiger partial charge is 0.456 e. The van der Waals surface area contributed by atoms with Gasteiger partial charge in [0.1, 0.15) is 101 Å². The monoisotopic (exact) mass is 1670 g/mol. The summed E-state index contributed by atoms with van der Waals surface area (Å²) in [5.74, 6) is 0. The molecule has 14 aromatic heterocycles. The van der Waals surface area contributed by atoms with E-state index in [1.807, 2.05) is 85.2 Å².